The van der Waals surface area contributed by atoms with Gasteiger partial charge in [-0.25, -0.2) is 8.42 Å². The Kier molecular flexibility index (Phi) is 4.03. The largest absolute Gasteiger partial charge is 0.299 e. The molecule has 0 N–H and O–H groups in total. The number of nitrogens with zero attached hydrogens (tertiary/aromatic N) is 2. The number of hydrogen-bond acceptors (Lipinski definition) is 4. The highest BCUT2D eigenvalue weighted by Gasteiger charge is 2.44. The number of carbonyl (C=O) groups excluding carboxylic acids is 1. The number of nitriles is 1. The van der Waals surface area contributed by atoms with Crippen molar-refractivity contribution < 1.29 is 13.2 Å². The minimum Gasteiger partial charge on any atom is -0.299 e. The van der Waals surface area contributed by atoms with Crippen molar-refractivity contribution in [2.45, 2.75) is 44.6 Å². The number of fused-ring (bicyclic) bond motifs is 1. The molecule has 100 valence electrons. The molecule has 2 aliphatic rings. The van der Waals surface area contributed by atoms with Crippen LogP contribution in [-0.4, -0.2) is 36.8 Å². The summed E-state index contributed by atoms with van der Waals surface area (Å²) in [6.07, 6.45) is 3.55. The first-order chi connectivity index (χ1) is 8.56. The van der Waals surface area contributed by atoms with Gasteiger partial charge in [-0.1, -0.05) is 6.42 Å². The summed E-state index contributed by atoms with van der Waals surface area (Å²) in [7, 11) is -3.30. The molecule has 0 radical (unpaired) electrons. The van der Waals surface area contributed by atoms with Crippen LogP contribution in [0, 0.1) is 17.2 Å². The maximum absolute atomic E-state index is 12.2. The van der Waals surface area contributed by atoms with Crippen molar-refractivity contribution in [3.05, 3.63) is 0 Å². The van der Waals surface area contributed by atoms with Crippen molar-refractivity contribution >= 4 is 15.8 Å². The van der Waals surface area contributed by atoms with Gasteiger partial charge in [0.2, 0.25) is 10.0 Å². The van der Waals surface area contributed by atoms with Gasteiger partial charge in [0.1, 0.15) is 5.78 Å². The Morgan fingerprint density at radius 3 is 2.89 bits per heavy atom. The normalized spacial score (nSPS) is 28.9. The lowest BCUT2D eigenvalue weighted by molar-refractivity contribution is -0.126. The van der Waals surface area contributed by atoms with Crippen LogP contribution in [0.15, 0.2) is 0 Å². The lowest BCUT2D eigenvalue weighted by atomic mass is 9.92. The Hall–Kier alpha value is -0.930. The number of Topliss-reactive ketones (excluding diaryl/α,β-unsaturated/α-hetero) is 1. The molecule has 0 spiro atoms. The molecule has 0 amide bonds. The third-order valence-corrected chi connectivity index (χ3v) is 5.86. The van der Waals surface area contributed by atoms with Gasteiger partial charge in [-0.15, -0.1) is 0 Å². The van der Waals surface area contributed by atoms with Crippen molar-refractivity contribution in [1.82, 2.24) is 4.31 Å². The number of carbonyl (C=O) groups is 1. The van der Waals surface area contributed by atoms with Gasteiger partial charge < -0.3 is 0 Å². The van der Waals surface area contributed by atoms with Crippen molar-refractivity contribution in [3.63, 3.8) is 0 Å². The first-order valence-corrected chi connectivity index (χ1v) is 8.06. The fourth-order valence-corrected chi connectivity index (χ4v) is 4.81. The second-order valence-electron chi connectivity index (χ2n) is 5.01. The molecular formula is C12H18N2O3S. The van der Waals surface area contributed by atoms with Crippen LogP contribution in [0.5, 0.6) is 0 Å². The molecule has 18 heavy (non-hydrogen) atoms. The van der Waals surface area contributed by atoms with E-state index in [1.54, 1.807) is 0 Å². The number of unbranched alkanes of at least 4 members (excludes halogenated alkanes) is 1. The number of piperidine rings is 1. The highest BCUT2D eigenvalue weighted by Crippen LogP contribution is 2.36. The topological polar surface area (TPSA) is 78.2 Å². The van der Waals surface area contributed by atoms with E-state index in [0.29, 0.717) is 19.4 Å². The third kappa shape index (κ3) is 2.57. The SMILES string of the molecule is N#CCCCS(=O)(=O)N1CCC(=O)[C@H]2CCC[C@H]21. The van der Waals surface area contributed by atoms with Crippen LogP contribution in [0.25, 0.3) is 0 Å². The zero-order valence-corrected chi connectivity index (χ0v) is 11.2. The average molecular weight is 270 g/mol. The van der Waals surface area contributed by atoms with Crippen LogP contribution in [0.3, 0.4) is 0 Å². The Bertz CT molecular complexity index is 466. The molecule has 6 heteroatoms. The molecular weight excluding hydrogens is 252 g/mol. The van der Waals surface area contributed by atoms with E-state index in [9.17, 15) is 13.2 Å². The minimum atomic E-state index is -3.30. The number of ketones is 1. The standard InChI is InChI=1S/C12H18N2O3S/c13-7-1-2-9-18(16,17)14-8-6-12(15)10-4-3-5-11(10)14/h10-11H,1-6,8-9H2/t10-,11+/m0/s1. The van der Waals surface area contributed by atoms with Crippen LogP contribution in [0.2, 0.25) is 0 Å². The molecule has 1 aliphatic carbocycles. The van der Waals surface area contributed by atoms with E-state index in [1.807, 2.05) is 6.07 Å². The van der Waals surface area contributed by atoms with Crippen molar-refractivity contribution in [3.8, 4) is 6.07 Å². The maximum atomic E-state index is 12.2. The summed E-state index contributed by atoms with van der Waals surface area (Å²) in [6, 6.07) is 1.85. The molecule has 0 bridgehead atoms. The zero-order chi connectivity index (χ0) is 13.2. The van der Waals surface area contributed by atoms with Gasteiger partial charge in [-0.3, -0.25) is 4.79 Å². The molecule has 0 aromatic heterocycles. The van der Waals surface area contributed by atoms with Crippen LogP contribution in [0.4, 0.5) is 0 Å². The van der Waals surface area contributed by atoms with E-state index < -0.39 is 10.0 Å². The molecule has 0 aromatic rings. The smallest absolute Gasteiger partial charge is 0.214 e. The predicted octanol–water partition coefficient (Wildman–Crippen LogP) is 1.06. The van der Waals surface area contributed by atoms with E-state index in [4.69, 9.17) is 5.26 Å². The van der Waals surface area contributed by atoms with E-state index in [2.05, 4.69) is 0 Å². The first-order valence-electron chi connectivity index (χ1n) is 6.45. The van der Waals surface area contributed by atoms with Crippen molar-refractivity contribution in [2.24, 2.45) is 5.92 Å². The Labute approximate surface area is 108 Å². The summed E-state index contributed by atoms with van der Waals surface area (Å²) in [6.45, 7) is 0.328. The van der Waals surface area contributed by atoms with Crippen LogP contribution < -0.4 is 0 Å². The molecule has 2 fully saturated rings. The highest BCUT2D eigenvalue weighted by molar-refractivity contribution is 7.89. The monoisotopic (exact) mass is 270 g/mol. The molecule has 0 aromatic carbocycles. The van der Waals surface area contributed by atoms with Gasteiger partial charge in [0.15, 0.2) is 0 Å². The maximum Gasteiger partial charge on any atom is 0.214 e. The third-order valence-electron chi connectivity index (χ3n) is 3.89. The molecule has 1 saturated heterocycles. The summed E-state index contributed by atoms with van der Waals surface area (Å²) in [4.78, 5) is 11.7. The van der Waals surface area contributed by atoms with Gasteiger partial charge in [0.05, 0.1) is 11.8 Å². The van der Waals surface area contributed by atoms with Crippen molar-refractivity contribution in [1.29, 1.82) is 5.26 Å². The quantitative estimate of drug-likeness (QED) is 0.716. The lowest BCUT2D eigenvalue weighted by Gasteiger charge is -2.35. The molecule has 1 heterocycles. The number of rotatable bonds is 4. The van der Waals surface area contributed by atoms with Crippen LogP contribution in [0.1, 0.15) is 38.5 Å². The molecule has 2 atom stereocenters. The van der Waals surface area contributed by atoms with E-state index >= 15 is 0 Å². The second-order valence-corrected chi connectivity index (χ2v) is 7.05. The molecule has 2 rings (SSSR count). The summed E-state index contributed by atoms with van der Waals surface area (Å²) in [5.74, 6) is 0.170. The number of hydrogen-bond donors (Lipinski definition) is 0. The average Bonchev–Trinajstić information content (AvgIpc) is 2.79. The fourth-order valence-electron chi connectivity index (χ4n) is 3.03. The summed E-state index contributed by atoms with van der Waals surface area (Å²) in [5.41, 5.74) is 0. The van der Waals surface area contributed by atoms with Gasteiger partial charge in [0, 0.05) is 31.3 Å². The lowest BCUT2D eigenvalue weighted by Crippen LogP contribution is -2.50. The Balaban J connectivity index is 2.08. The summed E-state index contributed by atoms with van der Waals surface area (Å²) >= 11 is 0. The zero-order valence-electron chi connectivity index (χ0n) is 10.3. The van der Waals surface area contributed by atoms with Gasteiger partial charge in [-0.05, 0) is 19.3 Å². The summed E-state index contributed by atoms with van der Waals surface area (Å²) in [5, 5.41) is 8.46. The molecule has 0 unspecified atom stereocenters. The molecule has 1 aliphatic heterocycles. The van der Waals surface area contributed by atoms with E-state index in [1.165, 1.54) is 4.31 Å². The van der Waals surface area contributed by atoms with E-state index in [0.717, 1.165) is 19.3 Å². The van der Waals surface area contributed by atoms with Crippen molar-refractivity contribution in [2.75, 3.05) is 12.3 Å². The highest BCUT2D eigenvalue weighted by atomic mass is 32.2. The fraction of sp³-hybridized carbons (Fsp3) is 0.833. The predicted molar refractivity (Wildman–Crippen MR) is 66.1 cm³/mol. The van der Waals surface area contributed by atoms with Crippen LogP contribution >= 0.6 is 0 Å². The minimum absolute atomic E-state index is 0.0258. The van der Waals surface area contributed by atoms with E-state index in [-0.39, 0.29) is 29.9 Å². The van der Waals surface area contributed by atoms with Gasteiger partial charge in [-0.2, -0.15) is 9.57 Å². The van der Waals surface area contributed by atoms with Gasteiger partial charge >= 0.3 is 0 Å². The molecule has 1 saturated carbocycles. The van der Waals surface area contributed by atoms with Gasteiger partial charge in [0.25, 0.3) is 0 Å². The summed E-state index contributed by atoms with van der Waals surface area (Å²) < 4.78 is 26.0. The van der Waals surface area contributed by atoms with Crippen LogP contribution in [-0.2, 0) is 14.8 Å². The Morgan fingerprint density at radius 1 is 1.39 bits per heavy atom. The molecule has 5 nitrogen and oxygen atoms in total. The first kappa shape index (κ1) is 13.5. The Morgan fingerprint density at radius 2 is 2.17 bits per heavy atom. The number of sulfonamides is 1. The second kappa shape index (κ2) is 5.37.